The van der Waals surface area contributed by atoms with E-state index in [1.54, 1.807) is 18.7 Å². The van der Waals surface area contributed by atoms with Crippen molar-refractivity contribution in [3.8, 4) is 0 Å². The summed E-state index contributed by atoms with van der Waals surface area (Å²) in [5.74, 6) is 1.65. The Morgan fingerprint density at radius 2 is 2.06 bits per heavy atom. The van der Waals surface area contributed by atoms with Crippen molar-refractivity contribution in [2.75, 3.05) is 23.4 Å². The summed E-state index contributed by atoms with van der Waals surface area (Å²) in [6.07, 6.45) is 0.538. The van der Waals surface area contributed by atoms with Crippen molar-refractivity contribution in [3.05, 3.63) is 46.6 Å². The molecule has 1 N–H and O–H groups in total. The highest BCUT2D eigenvalue weighted by molar-refractivity contribution is 7.98. The van der Waals surface area contributed by atoms with Crippen LogP contribution in [0.4, 0.5) is 5.82 Å². The van der Waals surface area contributed by atoms with E-state index in [0.29, 0.717) is 40.1 Å². The van der Waals surface area contributed by atoms with E-state index in [2.05, 4.69) is 5.32 Å². The molecule has 0 aliphatic carbocycles. The normalized spacial score (nSPS) is 17.7. The first kappa shape index (κ1) is 22.0. The fraction of sp³-hybridized carbons (Fsp3) is 0.381. The molecule has 0 bridgehead atoms. The van der Waals surface area contributed by atoms with Gasteiger partial charge in [-0.25, -0.2) is 23.2 Å². The lowest BCUT2D eigenvalue weighted by Crippen LogP contribution is -2.22. The average molecular weight is 478 g/mol. The maximum absolute atomic E-state index is 12.4. The van der Waals surface area contributed by atoms with E-state index in [-0.39, 0.29) is 23.5 Å². The van der Waals surface area contributed by atoms with Crippen LogP contribution < -0.4 is 5.32 Å². The third-order valence-electron chi connectivity index (χ3n) is 4.98. The summed E-state index contributed by atoms with van der Waals surface area (Å²) in [7, 11) is -3.03. The quantitative estimate of drug-likeness (QED) is 0.402. The highest BCUT2D eigenvalue weighted by Gasteiger charge is 2.29. The predicted octanol–water partition coefficient (Wildman–Crippen LogP) is 4.07. The molecule has 1 saturated heterocycles. The van der Waals surface area contributed by atoms with Gasteiger partial charge in [-0.05, 0) is 38.0 Å². The zero-order valence-electron chi connectivity index (χ0n) is 17.3. The number of esters is 1. The van der Waals surface area contributed by atoms with Crippen molar-refractivity contribution in [2.45, 2.75) is 37.0 Å². The number of hydrogen-bond donors (Lipinski definition) is 1. The topological polar surface area (TPSA) is 98.2 Å². The molecular formula is C21H23N3O4S3. The largest absolute Gasteiger partial charge is 0.462 e. The smallest absolute Gasteiger partial charge is 0.348 e. The lowest BCUT2D eigenvalue weighted by Gasteiger charge is -2.14. The maximum Gasteiger partial charge on any atom is 0.348 e. The summed E-state index contributed by atoms with van der Waals surface area (Å²) >= 11 is 2.91. The number of rotatable bonds is 7. The molecule has 10 heteroatoms. The Morgan fingerprint density at radius 3 is 2.74 bits per heavy atom. The van der Waals surface area contributed by atoms with Gasteiger partial charge in [0.25, 0.3) is 0 Å². The van der Waals surface area contributed by atoms with Crippen LogP contribution in [0.15, 0.2) is 35.2 Å². The van der Waals surface area contributed by atoms with Crippen LogP contribution in [0.1, 0.15) is 34.4 Å². The number of carbonyl (C=O) groups excluding carboxylic acids is 1. The van der Waals surface area contributed by atoms with Gasteiger partial charge in [0.2, 0.25) is 0 Å². The Hall–Kier alpha value is -2.17. The molecule has 0 saturated carbocycles. The van der Waals surface area contributed by atoms with Crippen LogP contribution in [-0.2, 0) is 20.3 Å². The zero-order chi connectivity index (χ0) is 22.0. The molecule has 7 nitrogen and oxygen atoms in total. The van der Waals surface area contributed by atoms with Crippen LogP contribution in [0, 0.1) is 6.92 Å². The molecule has 3 heterocycles. The van der Waals surface area contributed by atoms with Gasteiger partial charge in [-0.1, -0.05) is 18.2 Å². The number of benzene rings is 1. The van der Waals surface area contributed by atoms with Crippen molar-refractivity contribution in [2.24, 2.45) is 0 Å². The standard InChI is InChI=1S/C21H23N3O4S3/c1-3-28-21(25)18-13(2)17-19(22-14-9-10-31(26,27)12-14)23-16(24-20(17)30-18)11-29-15-7-5-4-6-8-15/h4-8,14H,3,9-12H2,1-2H3,(H,22,23,24). The number of anilines is 1. The number of thiophene rings is 1. The fourth-order valence-corrected chi connectivity index (χ4v) is 7.05. The number of aromatic nitrogens is 2. The molecule has 2 aromatic heterocycles. The molecule has 3 aromatic rings. The van der Waals surface area contributed by atoms with Gasteiger partial charge in [-0.3, -0.25) is 0 Å². The van der Waals surface area contributed by atoms with Gasteiger partial charge in [0.1, 0.15) is 21.3 Å². The predicted molar refractivity (Wildman–Crippen MR) is 125 cm³/mol. The highest BCUT2D eigenvalue weighted by Crippen LogP contribution is 2.36. The van der Waals surface area contributed by atoms with Crippen molar-refractivity contribution in [3.63, 3.8) is 0 Å². The SMILES string of the molecule is CCOC(=O)c1sc2nc(CSc3ccccc3)nc(NC3CCS(=O)(=O)C3)c2c1C. The molecule has 1 aliphatic heterocycles. The first-order valence-electron chi connectivity index (χ1n) is 9.98. The van der Waals surface area contributed by atoms with Gasteiger partial charge in [0, 0.05) is 10.9 Å². The van der Waals surface area contributed by atoms with Crippen LogP contribution in [0.5, 0.6) is 0 Å². The second kappa shape index (κ2) is 9.13. The van der Waals surface area contributed by atoms with Crippen LogP contribution in [-0.4, -0.2) is 48.5 Å². The van der Waals surface area contributed by atoms with E-state index in [1.807, 2.05) is 37.3 Å². The molecule has 4 rings (SSSR count). The van der Waals surface area contributed by atoms with Crippen molar-refractivity contribution in [1.82, 2.24) is 9.97 Å². The number of thioether (sulfide) groups is 1. The Kier molecular flexibility index (Phi) is 6.49. The Balaban J connectivity index is 1.70. The number of sulfone groups is 1. The molecular weight excluding hydrogens is 454 g/mol. The van der Waals surface area contributed by atoms with E-state index < -0.39 is 9.84 Å². The fourth-order valence-electron chi connectivity index (χ4n) is 3.51. The van der Waals surface area contributed by atoms with Crippen molar-refractivity contribution < 1.29 is 17.9 Å². The Bertz CT molecular complexity index is 1210. The Morgan fingerprint density at radius 1 is 1.29 bits per heavy atom. The molecule has 0 radical (unpaired) electrons. The first-order valence-corrected chi connectivity index (χ1v) is 13.6. The van der Waals surface area contributed by atoms with Crippen LogP contribution in [0.3, 0.4) is 0 Å². The van der Waals surface area contributed by atoms with E-state index in [9.17, 15) is 13.2 Å². The van der Waals surface area contributed by atoms with E-state index in [0.717, 1.165) is 15.8 Å². The number of aryl methyl sites for hydroxylation is 1. The van der Waals surface area contributed by atoms with E-state index in [1.165, 1.54) is 11.3 Å². The summed E-state index contributed by atoms with van der Waals surface area (Å²) in [6.45, 7) is 3.92. The average Bonchev–Trinajstić information content (AvgIpc) is 3.26. The molecule has 1 aromatic carbocycles. The third-order valence-corrected chi connectivity index (χ3v) is 8.92. The summed E-state index contributed by atoms with van der Waals surface area (Å²) in [6, 6.07) is 9.78. The molecule has 31 heavy (non-hydrogen) atoms. The van der Waals surface area contributed by atoms with Gasteiger partial charge < -0.3 is 10.1 Å². The van der Waals surface area contributed by atoms with Gasteiger partial charge >= 0.3 is 5.97 Å². The third kappa shape index (κ3) is 5.02. The highest BCUT2D eigenvalue weighted by atomic mass is 32.2. The molecule has 164 valence electrons. The lowest BCUT2D eigenvalue weighted by atomic mass is 10.2. The van der Waals surface area contributed by atoms with Gasteiger partial charge in [-0.2, -0.15) is 0 Å². The summed E-state index contributed by atoms with van der Waals surface area (Å²) < 4.78 is 29.0. The molecule has 1 atom stereocenters. The van der Waals surface area contributed by atoms with E-state index in [4.69, 9.17) is 14.7 Å². The van der Waals surface area contributed by atoms with Gasteiger partial charge in [0.05, 0.1) is 29.3 Å². The first-order chi connectivity index (χ1) is 14.9. The second-order valence-corrected chi connectivity index (χ2v) is 11.6. The lowest BCUT2D eigenvalue weighted by molar-refractivity contribution is 0.0531. The molecule has 1 fully saturated rings. The van der Waals surface area contributed by atoms with Crippen LogP contribution >= 0.6 is 23.1 Å². The summed E-state index contributed by atoms with van der Waals surface area (Å²) in [5, 5.41) is 4.07. The molecule has 1 unspecified atom stereocenters. The second-order valence-electron chi connectivity index (χ2n) is 7.29. The number of nitrogens with one attached hydrogen (secondary N) is 1. The summed E-state index contributed by atoms with van der Waals surface area (Å²) in [5.41, 5.74) is 0.754. The number of ether oxygens (including phenoxy) is 1. The number of hydrogen-bond acceptors (Lipinski definition) is 9. The molecule has 1 aliphatic rings. The Labute approximate surface area is 189 Å². The molecule has 0 spiro atoms. The summed E-state index contributed by atoms with van der Waals surface area (Å²) in [4.78, 5) is 24.1. The number of nitrogens with zero attached hydrogens (tertiary/aromatic N) is 2. The monoisotopic (exact) mass is 477 g/mol. The maximum atomic E-state index is 12.4. The van der Waals surface area contributed by atoms with Crippen LogP contribution in [0.2, 0.25) is 0 Å². The minimum Gasteiger partial charge on any atom is -0.462 e. The van der Waals surface area contributed by atoms with Gasteiger partial charge in [0.15, 0.2) is 9.84 Å². The van der Waals surface area contributed by atoms with Crippen molar-refractivity contribution in [1.29, 1.82) is 0 Å². The number of fused-ring (bicyclic) bond motifs is 1. The minimum atomic E-state index is -3.03. The van der Waals surface area contributed by atoms with Gasteiger partial charge in [-0.15, -0.1) is 23.1 Å². The van der Waals surface area contributed by atoms with Crippen LogP contribution in [0.25, 0.3) is 10.2 Å². The zero-order valence-corrected chi connectivity index (χ0v) is 19.7. The van der Waals surface area contributed by atoms with E-state index >= 15 is 0 Å². The molecule has 0 amide bonds. The minimum absolute atomic E-state index is 0.0838. The number of carbonyl (C=O) groups is 1. The van der Waals surface area contributed by atoms with Crippen molar-refractivity contribution >= 4 is 54.9 Å².